The van der Waals surface area contributed by atoms with Crippen LogP contribution in [0.2, 0.25) is 0 Å². The maximum absolute atomic E-state index is 13.5. The largest absolute Gasteiger partial charge is 0.456 e. The molecular formula is C32H42FN5O4S. The molecule has 9 nitrogen and oxygen atoms in total. The first kappa shape index (κ1) is 32.1. The van der Waals surface area contributed by atoms with Crippen LogP contribution in [0.25, 0.3) is 10.9 Å². The van der Waals surface area contributed by atoms with Crippen molar-refractivity contribution in [3.8, 4) is 11.5 Å². The monoisotopic (exact) mass is 611 g/mol. The molecule has 1 saturated heterocycles. The third-order valence-corrected chi connectivity index (χ3v) is 10.1. The zero-order chi connectivity index (χ0) is 30.1. The van der Waals surface area contributed by atoms with Crippen LogP contribution in [0, 0.1) is 6.92 Å². The lowest BCUT2D eigenvalue weighted by Crippen LogP contribution is -2.39. The van der Waals surface area contributed by atoms with E-state index in [4.69, 9.17) is 4.74 Å². The predicted molar refractivity (Wildman–Crippen MR) is 169 cm³/mol. The van der Waals surface area contributed by atoms with Gasteiger partial charge in [0.05, 0.1) is 39.5 Å². The average Bonchev–Trinajstić information content (AvgIpc) is 3.43. The van der Waals surface area contributed by atoms with Gasteiger partial charge < -0.3 is 15.0 Å². The van der Waals surface area contributed by atoms with Crippen LogP contribution >= 0.6 is 0 Å². The van der Waals surface area contributed by atoms with Crippen LogP contribution < -0.4 is 10.1 Å². The van der Waals surface area contributed by atoms with Gasteiger partial charge in [-0.1, -0.05) is 19.1 Å². The summed E-state index contributed by atoms with van der Waals surface area (Å²) in [5.74, 6) is 1.02. The van der Waals surface area contributed by atoms with Crippen LogP contribution in [0.4, 0.5) is 10.4 Å². The van der Waals surface area contributed by atoms with Crippen LogP contribution in [0.3, 0.4) is 0 Å². The van der Waals surface area contributed by atoms with Crippen molar-refractivity contribution in [2.75, 3.05) is 25.0 Å². The molecule has 1 N–H and O–H groups in total. The van der Waals surface area contributed by atoms with E-state index < -0.39 is 9.84 Å². The third-order valence-electron chi connectivity index (χ3n) is 7.80. The van der Waals surface area contributed by atoms with Crippen LogP contribution in [0.5, 0.6) is 11.5 Å². The molecule has 43 heavy (non-hydrogen) atoms. The number of nitrogens with zero attached hydrogens (tertiary/aromatic N) is 4. The van der Waals surface area contributed by atoms with Crippen molar-refractivity contribution in [3.05, 3.63) is 72.2 Å². The average molecular weight is 612 g/mol. The van der Waals surface area contributed by atoms with Gasteiger partial charge in [0.1, 0.15) is 11.5 Å². The Hall–Kier alpha value is -3.83. The number of amides is 1. The molecule has 1 aliphatic rings. The van der Waals surface area contributed by atoms with Crippen LogP contribution in [-0.2, 0) is 26.6 Å². The van der Waals surface area contributed by atoms with E-state index in [0.717, 1.165) is 30.8 Å². The number of fused-ring (bicyclic) bond motifs is 1. The summed E-state index contributed by atoms with van der Waals surface area (Å²) in [6, 6.07) is 12.5. The topological polar surface area (TPSA) is 106 Å². The van der Waals surface area contributed by atoms with Gasteiger partial charge in [0.2, 0.25) is 5.91 Å². The summed E-state index contributed by atoms with van der Waals surface area (Å²) < 4.78 is 35.2. The number of sulfone groups is 1. The van der Waals surface area contributed by atoms with E-state index in [2.05, 4.69) is 27.2 Å². The smallest absolute Gasteiger partial charge is 0.228 e. The van der Waals surface area contributed by atoms with E-state index in [1.165, 1.54) is 0 Å². The molecular weight excluding hydrogens is 569 g/mol. The number of carbonyl (C=O) groups is 1. The number of benzene rings is 2. The van der Waals surface area contributed by atoms with Crippen LogP contribution in [0.15, 0.2) is 66.0 Å². The van der Waals surface area contributed by atoms with Crippen molar-refractivity contribution in [1.29, 1.82) is 0 Å². The Morgan fingerprint density at radius 1 is 1.09 bits per heavy atom. The highest BCUT2D eigenvalue weighted by atomic mass is 32.2. The van der Waals surface area contributed by atoms with Gasteiger partial charge in [-0.05, 0) is 102 Å². The summed E-state index contributed by atoms with van der Waals surface area (Å²) in [4.78, 5) is 19.7. The molecule has 0 atom stereocenters. The second-order valence-corrected chi connectivity index (χ2v) is 14.2. The Morgan fingerprint density at radius 3 is 2.49 bits per heavy atom. The number of nitrogens with one attached hydrogen (secondary N) is 1. The zero-order valence-corrected chi connectivity index (χ0v) is 26.1. The fourth-order valence-electron chi connectivity index (χ4n) is 5.29. The molecule has 1 fully saturated rings. The van der Waals surface area contributed by atoms with Crippen molar-refractivity contribution < 1.29 is 24.1 Å². The normalized spacial score (nSPS) is 14.8. The number of carbonyl (C=O) groups excluding carboxylic acids is 1. The number of aromatic nitrogens is 3. The van der Waals surface area contributed by atoms with Gasteiger partial charge in [-0.3, -0.25) is 19.2 Å². The summed E-state index contributed by atoms with van der Waals surface area (Å²) in [6.07, 6.45) is 6.60. The lowest BCUT2D eigenvalue weighted by atomic mass is 10.1. The van der Waals surface area contributed by atoms with E-state index in [-0.39, 0.29) is 29.2 Å². The van der Waals surface area contributed by atoms with Gasteiger partial charge in [-0.15, -0.1) is 0 Å². The van der Waals surface area contributed by atoms with Gasteiger partial charge in [0.25, 0.3) is 0 Å². The molecule has 5 rings (SSSR count). The van der Waals surface area contributed by atoms with E-state index in [0.29, 0.717) is 45.8 Å². The number of aryl methyl sites for hydroxylation is 1. The summed E-state index contributed by atoms with van der Waals surface area (Å²) in [7, 11) is -3.48. The molecule has 232 valence electrons. The summed E-state index contributed by atoms with van der Waals surface area (Å²) in [6.45, 7) is 12.7. The van der Waals surface area contributed by atoms with Crippen molar-refractivity contribution in [2.45, 2.75) is 69.6 Å². The predicted octanol–water partition coefficient (Wildman–Crippen LogP) is 6.12. The number of hydrogen-bond donors (Lipinski definition) is 1. The van der Waals surface area contributed by atoms with Crippen molar-refractivity contribution in [2.24, 2.45) is 0 Å². The zero-order valence-electron chi connectivity index (χ0n) is 25.3. The molecule has 0 saturated carbocycles. The fourth-order valence-corrected chi connectivity index (χ4v) is 7.05. The minimum atomic E-state index is -3.48. The van der Waals surface area contributed by atoms with Crippen LogP contribution in [-0.4, -0.2) is 58.9 Å². The quantitative estimate of drug-likeness (QED) is 0.256. The first-order valence-corrected chi connectivity index (χ1v) is 16.0. The minimum Gasteiger partial charge on any atom is -0.456 e. The Bertz CT molecular complexity index is 1710. The molecule has 2 aromatic heterocycles. The van der Waals surface area contributed by atoms with Crippen LogP contribution in [0.1, 0.15) is 53.1 Å². The molecule has 0 unspecified atom stereocenters. The highest BCUT2D eigenvalue weighted by Gasteiger charge is 2.31. The first-order valence-electron chi connectivity index (χ1n) is 14.4. The number of likely N-dealkylation sites (tertiary alicyclic amines) is 1. The molecule has 4 aromatic rings. The molecule has 11 heteroatoms. The van der Waals surface area contributed by atoms with Crippen molar-refractivity contribution >= 4 is 32.3 Å². The third kappa shape index (κ3) is 7.22. The van der Waals surface area contributed by atoms with Gasteiger partial charge >= 0.3 is 0 Å². The summed E-state index contributed by atoms with van der Waals surface area (Å²) in [5, 5.41) is 7.49. The van der Waals surface area contributed by atoms with Gasteiger partial charge in [-0.2, -0.15) is 5.10 Å². The number of hydrogen-bond acceptors (Lipinski definition) is 7. The molecule has 0 spiro atoms. The standard InChI is InChI=1S/C32H39N5O4S.FH.H2/c1-6-36-15-12-25(13-16-36)42(39,40)26-8-9-28-27(19-26)30(11-14-33-28)41-29-10-7-23(17-22(29)2)18-31(38)35-24-20-34-37(21-24)32(3,4)5;;/h7-11,14,17,19-21,25H,6,12-13,15-16,18H2,1-5H3,(H,35,38);2*1H. The molecule has 0 aliphatic carbocycles. The Balaban J connectivity index is 0.00000264. The number of halogens is 1. The van der Waals surface area contributed by atoms with Gasteiger partial charge in [0.15, 0.2) is 9.84 Å². The molecule has 0 bridgehead atoms. The minimum absolute atomic E-state index is 0. The highest BCUT2D eigenvalue weighted by Crippen LogP contribution is 2.34. The van der Waals surface area contributed by atoms with Crippen molar-refractivity contribution in [1.82, 2.24) is 19.7 Å². The molecule has 1 amide bonds. The maximum atomic E-state index is 13.5. The van der Waals surface area contributed by atoms with Gasteiger partial charge in [0, 0.05) is 19.2 Å². The molecule has 0 radical (unpaired) electrons. The molecule has 3 heterocycles. The summed E-state index contributed by atoms with van der Waals surface area (Å²) >= 11 is 0. The SMILES string of the molecule is CCN1CCC(S(=O)(=O)c2ccc3nccc(Oc4ccc(CC(=O)Nc5cnn(C(C)(C)C)c5)cc4C)c3c2)CC1.F.[HH]. The summed E-state index contributed by atoms with van der Waals surface area (Å²) in [5.41, 5.74) is 2.86. The van der Waals surface area contributed by atoms with Crippen molar-refractivity contribution in [3.63, 3.8) is 0 Å². The van der Waals surface area contributed by atoms with E-state index in [1.54, 1.807) is 36.7 Å². The van der Waals surface area contributed by atoms with E-state index in [1.807, 2.05) is 56.8 Å². The van der Waals surface area contributed by atoms with Gasteiger partial charge in [-0.25, -0.2) is 8.42 Å². The Labute approximate surface area is 254 Å². The Morgan fingerprint density at radius 2 is 1.84 bits per heavy atom. The number of piperidine rings is 1. The van der Waals surface area contributed by atoms with E-state index >= 15 is 0 Å². The maximum Gasteiger partial charge on any atom is 0.228 e. The van der Waals surface area contributed by atoms with E-state index in [9.17, 15) is 13.2 Å². The molecule has 2 aromatic carbocycles. The Kier molecular flexibility index (Phi) is 9.56. The lowest BCUT2D eigenvalue weighted by molar-refractivity contribution is -0.115. The number of pyridine rings is 1. The second-order valence-electron chi connectivity index (χ2n) is 11.9. The highest BCUT2D eigenvalue weighted by molar-refractivity contribution is 7.92. The first-order chi connectivity index (χ1) is 19.9. The lowest BCUT2D eigenvalue weighted by Gasteiger charge is -2.30. The fraction of sp³-hybridized carbons (Fsp3) is 0.406. The second kappa shape index (κ2) is 12.8. The number of ether oxygens (including phenoxy) is 1. The number of anilines is 1. The number of rotatable bonds is 8. The molecule has 1 aliphatic heterocycles.